The fraction of sp³-hybridized carbons (Fsp3) is 0.435. The third-order valence-corrected chi connectivity index (χ3v) is 6.02. The van der Waals surface area contributed by atoms with E-state index >= 15 is 0 Å². The highest BCUT2D eigenvalue weighted by Crippen LogP contribution is 2.30. The predicted octanol–water partition coefficient (Wildman–Crippen LogP) is 4.14. The smallest absolute Gasteiger partial charge is 0.264 e. The van der Waals surface area contributed by atoms with Crippen LogP contribution in [0.5, 0.6) is 0 Å². The fourth-order valence-corrected chi connectivity index (χ4v) is 4.47. The molecular formula is C23H26F2N4O2. The van der Waals surface area contributed by atoms with E-state index in [0.29, 0.717) is 24.2 Å². The molecule has 0 fully saturated rings. The van der Waals surface area contributed by atoms with Crippen LogP contribution in [0.1, 0.15) is 48.6 Å². The third-order valence-electron chi connectivity index (χ3n) is 6.02. The lowest BCUT2D eigenvalue weighted by Crippen LogP contribution is -2.36. The van der Waals surface area contributed by atoms with Gasteiger partial charge in [0.2, 0.25) is 5.91 Å². The normalized spacial score (nSPS) is 13.8. The minimum Gasteiger partial charge on any atom is -0.312 e. The fourth-order valence-electron chi connectivity index (χ4n) is 4.47. The standard InChI is InChI=1S/C23H26F2N4O2/c1-4-29-15(3)21-17(22(24)25)13-20(31)28(23(21)26-29)11-9-19(30)27-10-5-6-16-12-14(2)7-8-18(16)27/h7-8,12-13,22H,4-6,9-11H2,1-3H3. The summed E-state index contributed by atoms with van der Waals surface area (Å²) in [6.07, 6.45) is -0.860. The summed E-state index contributed by atoms with van der Waals surface area (Å²) in [6.45, 7) is 6.84. The first-order valence-electron chi connectivity index (χ1n) is 10.6. The monoisotopic (exact) mass is 428 g/mol. The molecule has 0 saturated heterocycles. The molecule has 0 atom stereocenters. The van der Waals surface area contributed by atoms with Gasteiger partial charge in [-0.05, 0) is 45.2 Å². The number of rotatable bonds is 5. The van der Waals surface area contributed by atoms with Gasteiger partial charge in [-0.2, -0.15) is 5.10 Å². The number of pyridine rings is 1. The number of halogens is 2. The van der Waals surface area contributed by atoms with Gasteiger partial charge in [0.1, 0.15) is 0 Å². The van der Waals surface area contributed by atoms with E-state index in [2.05, 4.69) is 11.2 Å². The van der Waals surface area contributed by atoms with Crippen LogP contribution >= 0.6 is 0 Å². The second-order valence-electron chi connectivity index (χ2n) is 8.02. The van der Waals surface area contributed by atoms with Crippen molar-refractivity contribution in [2.75, 3.05) is 11.4 Å². The minimum absolute atomic E-state index is 0.0885. The molecule has 8 heteroatoms. The molecule has 0 N–H and O–H groups in total. The van der Waals surface area contributed by atoms with E-state index in [4.69, 9.17) is 0 Å². The van der Waals surface area contributed by atoms with E-state index in [1.807, 2.05) is 26.0 Å². The Bertz CT molecular complexity index is 1210. The molecular weight excluding hydrogens is 402 g/mol. The summed E-state index contributed by atoms with van der Waals surface area (Å²) in [5.41, 5.74) is 3.16. The maximum atomic E-state index is 13.6. The van der Waals surface area contributed by atoms with Gasteiger partial charge in [0, 0.05) is 54.5 Å². The molecule has 3 aromatic rings. The summed E-state index contributed by atoms with van der Waals surface area (Å²) >= 11 is 0. The Morgan fingerprint density at radius 2 is 2.00 bits per heavy atom. The average molecular weight is 428 g/mol. The molecule has 1 aromatic carbocycles. The van der Waals surface area contributed by atoms with Gasteiger partial charge in [0.15, 0.2) is 5.65 Å². The van der Waals surface area contributed by atoms with E-state index in [1.54, 1.807) is 16.5 Å². The van der Waals surface area contributed by atoms with Crippen molar-refractivity contribution in [3.8, 4) is 0 Å². The predicted molar refractivity (Wildman–Crippen MR) is 116 cm³/mol. The first-order chi connectivity index (χ1) is 14.8. The number of nitrogens with zero attached hydrogens (tertiary/aromatic N) is 4. The van der Waals surface area contributed by atoms with Crippen LogP contribution < -0.4 is 10.5 Å². The van der Waals surface area contributed by atoms with Crippen molar-refractivity contribution >= 4 is 22.6 Å². The molecule has 0 radical (unpaired) electrons. The molecule has 0 spiro atoms. The SMILES string of the molecule is CCn1nc2c(c(C(F)F)cc(=O)n2CCC(=O)N2CCCc3cc(C)ccc32)c1C. The zero-order chi connectivity index (χ0) is 22.3. The van der Waals surface area contributed by atoms with Crippen LogP contribution in [0, 0.1) is 13.8 Å². The van der Waals surface area contributed by atoms with Crippen LogP contribution in [0.25, 0.3) is 11.0 Å². The lowest BCUT2D eigenvalue weighted by atomic mass is 9.99. The average Bonchev–Trinajstić information content (AvgIpc) is 3.07. The molecule has 164 valence electrons. The molecule has 31 heavy (non-hydrogen) atoms. The van der Waals surface area contributed by atoms with Crippen LogP contribution in [0.4, 0.5) is 14.5 Å². The lowest BCUT2D eigenvalue weighted by molar-refractivity contribution is -0.118. The number of carbonyl (C=O) groups is 1. The van der Waals surface area contributed by atoms with Crippen molar-refractivity contribution < 1.29 is 13.6 Å². The Morgan fingerprint density at radius 1 is 1.23 bits per heavy atom. The maximum absolute atomic E-state index is 13.6. The first kappa shape index (κ1) is 21.2. The Morgan fingerprint density at radius 3 is 2.71 bits per heavy atom. The van der Waals surface area contributed by atoms with Gasteiger partial charge in [-0.25, -0.2) is 8.78 Å². The number of amides is 1. The van der Waals surface area contributed by atoms with Crippen LogP contribution in [0.3, 0.4) is 0 Å². The summed E-state index contributed by atoms with van der Waals surface area (Å²) in [6, 6.07) is 7.04. The van der Waals surface area contributed by atoms with Crippen molar-refractivity contribution in [1.82, 2.24) is 14.3 Å². The second kappa shape index (κ2) is 8.24. The van der Waals surface area contributed by atoms with E-state index < -0.39 is 12.0 Å². The molecule has 0 aliphatic carbocycles. The number of benzene rings is 1. The van der Waals surface area contributed by atoms with Crippen LogP contribution in [0.15, 0.2) is 29.1 Å². The quantitative estimate of drug-likeness (QED) is 0.614. The molecule has 6 nitrogen and oxygen atoms in total. The summed E-state index contributed by atoms with van der Waals surface area (Å²) in [5.74, 6) is -0.0885. The van der Waals surface area contributed by atoms with Gasteiger partial charge in [-0.3, -0.25) is 18.8 Å². The summed E-state index contributed by atoms with van der Waals surface area (Å²) < 4.78 is 30.1. The van der Waals surface area contributed by atoms with E-state index in [-0.39, 0.29) is 30.1 Å². The van der Waals surface area contributed by atoms with Gasteiger partial charge >= 0.3 is 0 Å². The lowest BCUT2D eigenvalue weighted by Gasteiger charge is -2.30. The van der Waals surface area contributed by atoms with Crippen molar-refractivity contribution in [2.24, 2.45) is 0 Å². The van der Waals surface area contributed by atoms with Crippen LogP contribution in [0.2, 0.25) is 0 Å². The molecule has 1 aliphatic rings. The van der Waals surface area contributed by atoms with E-state index in [9.17, 15) is 18.4 Å². The second-order valence-corrected chi connectivity index (χ2v) is 8.02. The van der Waals surface area contributed by atoms with Gasteiger partial charge < -0.3 is 4.90 Å². The zero-order valence-corrected chi connectivity index (χ0v) is 18.0. The van der Waals surface area contributed by atoms with Gasteiger partial charge in [0.25, 0.3) is 12.0 Å². The number of carbonyl (C=O) groups excluding carboxylic acids is 1. The van der Waals surface area contributed by atoms with E-state index in [0.717, 1.165) is 35.7 Å². The number of fused-ring (bicyclic) bond motifs is 2. The highest BCUT2D eigenvalue weighted by Gasteiger charge is 2.25. The Labute approximate surface area is 179 Å². The third kappa shape index (κ3) is 3.75. The number of anilines is 1. The minimum atomic E-state index is -2.77. The summed E-state index contributed by atoms with van der Waals surface area (Å²) in [7, 11) is 0. The number of aryl methyl sites for hydroxylation is 5. The molecule has 4 rings (SSSR count). The Hall–Kier alpha value is -3.03. The molecule has 3 heterocycles. The number of alkyl halides is 2. The van der Waals surface area contributed by atoms with Gasteiger partial charge in [0.05, 0.1) is 0 Å². The molecule has 0 unspecified atom stereocenters. The molecule has 1 amide bonds. The van der Waals surface area contributed by atoms with Crippen molar-refractivity contribution in [3.05, 3.63) is 57.0 Å². The molecule has 1 aliphatic heterocycles. The van der Waals surface area contributed by atoms with Crippen molar-refractivity contribution in [1.29, 1.82) is 0 Å². The van der Waals surface area contributed by atoms with E-state index in [1.165, 1.54) is 4.57 Å². The van der Waals surface area contributed by atoms with Crippen LogP contribution in [-0.2, 0) is 24.3 Å². The Balaban J connectivity index is 1.66. The number of aromatic nitrogens is 3. The highest BCUT2D eigenvalue weighted by atomic mass is 19.3. The number of hydrogen-bond acceptors (Lipinski definition) is 3. The van der Waals surface area contributed by atoms with Gasteiger partial charge in [-0.1, -0.05) is 17.7 Å². The topological polar surface area (TPSA) is 60.1 Å². The largest absolute Gasteiger partial charge is 0.312 e. The maximum Gasteiger partial charge on any atom is 0.264 e. The Kier molecular flexibility index (Phi) is 5.64. The zero-order valence-electron chi connectivity index (χ0n) is 18.0. The van der Waals surface area contributed by atoms with Crippen LogP contribution in [-0.4, -0.2) is 26.8 Å². The van der Waals surface area contributed by atoms with Crippen molar-refractivity contribution in [3.63, 3.8) is 0 Å². The number of hydrogen-bond donors (Lipinski definition) is 0. The molecule has 0 saturated carbocycles. The van der Waals surface area contributed by atoms with Crippen molar-refractivity contribution in [2.45, 2.75) is 59.5 Å². The summed E-state index contributed by atoms with van der Waals surface area (Å²) in [4.78, 5) is 27.5. The highest BCUT2D eigenvalue weighted by molar-refractivity contribution is 5.94. The first-order valence-corrected chi connectivity index (χ1v) is 10.6. The molecule has 0 bridgehead atoms. The molecule has 2 aromatic heterocycles. The van der Waals surface area contributed by atoms with Gasteiger partial charge in [-0.15, -0.1) is 0 Å². The summed E-state index contributed by atoms with van der Waals surface area (Å²) in [5, 5.41) is 4.69.